The molecular weight excluding hydrogens is 385 g/mol. The number of rotatable bonds is 8. The zero-order chi connectivity index (χ0) is 19.5. The van der Waals surface area contributed by atoms with Crippen molar-refractivity contribution in [2.45, 2.75) is 37.3 Å². The molecule has 11 heteroatoms. The number of hydrogen-bond acceptors (Lipinski definition) is 7. The lowest BCUT2D eigenvalue weighted by molar-refractivity contribution is 0.312. The van der Waals surface area contributed by atoms with E-state index in [9.17, 15) is 21.2 Å². The molecule has 0 spiro atoms. The van der Waals surface area contributed by atoms with Crippen LogP contribution in [0.5, 0.6) is 0 Å². The molecule has 0 amide bonds. The largest absolute Gasteiger partial charge is 0.411 e. The summed E-state index contributed by atoms with van der Waals surface area (Å²) in [6, 6.07) is 4.62. The molecule has 2 aromatic rings. The molecule has 1 heterocycles. The standard InChI is InChI=1S/C15H20FN3O5S2/c1-4-10(2)13(14-17-18-15(24-14)25(3,20)21)19-26(22,23)9-11-7-5-6-8-12(11)16/h5-8,10,13,19H,4,9H2,1-3H3/t10-,13+/m1/s1. The molecule has 0 radical (unpaired) electrons. The fourth-order valence-corrected chi connectivity index (χ4v) is 4.07. The summed E-state index contributed by atoms with van der Waals surface area (Å²) in [5.41, 5.74) is 0.0188. The third kappa shape index (κ3) is 5.08. The predicted octanol–water partition coefficient (Wildman–Crippen LogP) is 1.82. The third-order valence-electron chi connectivity index (χ3n) is 3.83. The molecule has 1 aromatic heterocycles. The van der Waals surface area contributed by atoms with Crippen LogP contribution in [-0.4, -0.2) is 33.3 Å². The Bertz CT molecular complexity index is 973. The smallest absolute Gasteiger partial charge is 0.335 e. The van der Waals surface area contributed by atoms with Gasteiger partial charge in [0.05, 0.1) is 5.75 Å². The highest BCUT2D eigenvalue weighted by atomic mass is 32.2. The molecule has 0 aliphatic carbocycles. The van der Waals surface area contributed by atoms with Gasteiger partial charge in [0.15, 0.2) is 0 Å². The van der Waals surface area contributed by atoms with E-state index in [1.807, 2.05) is 6.92 Å². The van der Waals surface area contributed by atoms with Gasteiger partial charge in [0, 0.05) is 11.8 Å². The van der Waals surface area contributed by atoms with Crippen LogP contribution in [0.4, 0.5) is 4.39 Å². The first kappa shape index (κ1) is 20.5. The molecule has 0 unspecified atom stereocenters. The normalized spacial score (nSPS) is 14.9. The fraction of sp³-hybridized carbons (Fsp3) is 0.467. The second kappa shape index (κ2) is 7.80. The van der Waals surface area contributed by atoms with Gasteiger partial charge in [-0.15, -0.1) is 5.10 Å². The van der Waals surface area contributed by atoms with E-state index in [0.29, 0.717) is 6.42 Å². The summed E-state index contributed by atoms with van der Waals surface area (Å²) in [6.07, 6.45) is 1.47. The van der Waals surface area contributed by atoms with Crippen LogP contribution in [0.25, 0.3) is 0 Å². The highest BCUT2D eigenvalue weighted by Gasteiger charge is 2.30. The van der Waals surface area contributed by atoms with Crippen molar-refractivity contribution in [1.82, 2.24) is 14.9 Å². The van der Waals surface area contributed by atoms with Gasteiger partial charge in [0.25, 0.3) is 0 Å². The van der Waals surface area contributed by atoms with Crippen molar-refractivity contribution in [3.05, 3.63) is 41.5 Å². The molecule has 144 valence electrons. The lowest BCUT2D eigenvalue weighted by Gasteiger charge is -2.21. The van der Waals surface area contributed by atoms with Gasteiger partial charge in [0.2, 0.25) is 25.8 Å². The van der Waals surface area contributed by atoms with Crippen LogP contribution < -0.4 is 4.72 Å². The van der Waals surface area contributed by atoms with Crippen molar-refractivity contribution in [3.63, 3.8) is 0 Å². The Morgan fingerprint density at radius 1 is 1.19 bits per heavy atom. The Morgan fingerprint density at radius 2 is 1.85 bits per heavy atom. The maximum Gasteiger partial charge on any atom is 0.335 e. The summed E-state index contributed by atoms with van der Waals surface area (Å²) >= 11 is 0. The van der Waals surface area contributed by atoms with Crippen LogP contribution >= 0.6 is 0 Å². The van der Waals surface area contributed by atoms with E-state index in [-0.39, 0.29) is 17.4 Å². The Kier molecular flexibility index (Phi) is 6.14. The summed E-state index contributed by atoms with van der Waals surface area (Å²) in [5, 5.41) is 6.53. The molecule has 0 fully saturated rings. The van der Waals surface area contributed by atoms with Crippen LogP contribution in [0.2, 0.25) is 0 Å². The molecule has 0 saturated heterocycles. The van der Waals surface area contributed by atoms with Gasteiger partial charge in [-0.25, -0.2) is 25.9 Å². The van der Waals surface area contributed by atoms with Gasteiger partial charge in [-0.05, 0) is 12.0 Å². The molecule has 2 atom stereocenters. The second-order valence-electron chi connectivity index (χ2n) is 6.01. The van der Waals surface area contributed by atoms with Crippen LogP contribution in [0, 0.1) is 11.7 Å². The van der Waals surface area contributed by atoms with Crippen molar-refractivity contribution in [2.75, 3.05) is 6.26 Å². The minimum Gasteiger partial charge on any atom is -0.411 e. The molecule has 0 aliphatic rings. The Balaban J connectivity index is 2.30. The van der Waals surface area contributed by atoms with E-state index < -0.39 is 42.7 Å². The molecule has 0 bridgehead atoms. The lowest BCUT2D eigenvalue weighted by Crippen LogP contribution is -2.33. The topological polar surface area (TPSA) is 119 Å². The first-order valence-electron chi connectivity index (χ1n) is 7.80. The molecule has 0 aliphatic heterocycles. The number of benzene rings is 1. The maximum atomic E-state index is 13.7. The number of sulfonamides is 1. The molecule has 1 aromatic carbocycles. The minimum absolute atomic E-state index is 0.0188. The van der Waals surface area contributed by atoms with Gasteiger partial charge in [-0.2, -0.15) is 0 Å². The second-order valence-corrected chi connectivity index (χ2v) is 9.66. The summed E-state index contributed by atoms with van der Waals surface area (Å²) in [7, 11) is -7.67. The SMILES string of the molecule is CC[C@@H](C)[C@H](NS(=O)(=O)Cc1ccccc1F)c1nnc(S(C)(=O)=O)o1. The average molecular weight is 405 g/mol. The number of nitrogens with zero attached hydrogens (tertiary/aromatic N) is 2. The zero-order valence-corrected chi connectivity index (χ0v) is 16.1. The molecule has 26 heavy (non-hydrogen) atoms. The van der Waals surface area contributed by atoms with E-state index in [2.05, 4.69) is 14.9 Å². The molecule has 0 saturated carbocycles. The van der Waals surface area contributed by atoms with Crippen LogP contribution in [0.3, 0.4) is 0 Å². The van der Waals surface area contributed by atoms with Gasteiger partial charge < -0.3 is 4.42 Å². The number of halogens is 1. The van der Waals surface area contributed by atoms with Crippen molar-refractivity contribution in [3.8, 4) is 0 Å². The van der Waals surface area contributed by atoms with Gasteiger partial charge in [-0.1, -0.05) is 43.6 Å². The zero-order valence-electron chi connectivity index (χ0n) is 14.5. The van der Waals surface area contributed by atoms with Crippen LogP contribution in [0.1, 0.15) is 37.8 Å². The summed E-state index contributed by atoms with van der Waals surface area (Å²) in [6.45, 7) is 3.58. The van der Waals surface area contributed by atoms with Crippen molar-refractivity contribution in [2.24, 2.45) is 5.92 Å². The maximum absolute atomic E-state index is 13.7. The van der Waals surface area contributed by atoms with E-state index in [1.165, 1.54) is 24.3 Å². The van der Waals surface area contributed by atoms with E-state index in [0.717, 1.165) is 6.26 Å². The van der Waals surface area contributed by atoms with Gasteiger partial charge in [0.1, 0.15) is 11.9 Å². The molecular formula is C15H20FN3O5S2. The monoisotopic (exact) mass is 405 g/mol. The van der Waals surface area contributed by atoms with Crippen LogP contribution in [-0.2, 0) is 25.6 Å². The number of hydrogen-bond donors (Lipinski definition) is 1. The lowest BCUT2D eigenvalue weighted by atomic mass is 10.0. The average Bonchev–Trinajstić information content (AvgIpc) is 3.04. The fourth-order valence-electron chi connectivity index (χ4n) is 2.20. The summed E-state index contributed by atoms with van der Waals surface area (Å²) in [4.78, 5) is 0. The van der Waals surface area contributed by atoms with Crippen molar-refractivity contribution < 1.29 is 25.6 Å². The highest BCUT2D eigenvalue weighted by Crippen LogP contribution is 2.26. The Hall–Kier alpha value is -1.85. The quantitative estimate of drug-likeness (QED) is 0.711. The molecule has 2 rings (SSSR count). The Labute approximate surface area is 151 Å². The van der Waals surface area contributed by atoms with Crippen molar-refractivity contribution >= 4 is 19.9 Å². The van der Waals surface area contributed by atoms with Gasteiger partial charge >= 0.3 is 5.22 Å². The highest BCUT2D eigenvalue weighted by molar-refractivity contribution is 7.90. The molecule has 1 N–H and O–H groups in total. The molecule has 8 nitrogen and oxygen atoms in total. The van der Waals surface area contributed by atoms with Crippen LogP contribution in [0.15, 0.2) is 33.9 Å². The first-order chi connectivity index (χ1) is 12.0. The Morgan fingerprint density at radius 3 is 2.38 bits per heavy atom. The summed E-state index contributed by atoms with van der Waals surface area (Å²) < 4.78 is 69.2. The van der Waals surface area contributed by atoms with Gasteiger partial charge in [-0.3, -0.25) is 0 Å². The minimum atomic E-state index is -3.95. The number of nitrogens with one attached hydrogen (secondary N) is 1. The first-order valence-corrected chi connectivity index (χ1v) is 11.3. The number of aromatic nitrogens is 2. The van der Waals surface area contributed by atoms with E-state index in [1.54, 1.807) is 6.92 Å². The predicted molar refractivity (Wildman–Crippen MR) is 91.8 cm³/mol. The van der Waals surface area contributed by atoms with E-state index in [4.69, 9.17) is 4.42 Å². The number of sulfone groups is 1. The van der Waals surface area contributed by atoms with E-state index >= 15 is 0 Å². The third-order valence-corrected chi connectivity index (χ3v) is 5.93. The van der Waals surface area contributed by atoms with Crippen molar-refractivity contribution in [1.29, 1.82) is 0 Å². The summed E-state index contributed by atoms with van der Waals surface area (Å²) in [5.74, 6) is -1.62.